The van der Waals surface area contributed by atoms with Crippen molar-refractivity contribution in [1.82, 2.24) is 10.3 Å². The lowest BCUT2D eigenvalue weighted by Crippen LogP contribution is -2.18. The number of benzene rings is 1. The average Bonchev–Trinajstić information content (AvgIpc) is 2.67. The monoisotopic (exact) mass is 356 g/mol. The van der Waals surface area contributed by atoms with Crippen molar-refractivity contribution in [2.45, 2.75) is 33.4 Å². The molecule has 0 aliphatic rings. The standard InChI is InChI=1S/C14H17IN2O/c1-9-11(3)18-14(17-9)8-16-10(2)12-4-6-13(15)7-5-12/h4-7,10,16H,8H2,1-3H3. The van der Waals surface area contributed by atoms with Crippen molar-refractivity contribution in [2.75, 3.05) is 0 Å². The van der Waals surface area contributed by atoms with Crippen molar-refractivity contribution in [3.63, 3.8) is 0 Å². The van der Waals surface area contributed by atoms with E-state index in [4.69, 9.17) is 4.42 Å². The fourth-order valence-electron chi connectivity index (χ4n) is 1.72. The predicted octanol–water partition coefficient (Wildman–Crippen LogP) is 3.75. The van der Waals surface area contributed by atoms with Gasteiger partial charge in [0.2, 0.25) is 5.89 Å². The van der Waals surface area contributed by atoms with E-state index < -0.39 is 0 Å². The van der Waals surface area contributed by atoms with Gasteiger partial charge in [-0.25, -0.2) is 4.98 Å². The lowest BCUT2D eigenvalue weighted by molar-refractivity contribution is 0.432. The fraction of sp³-hybridized carbons (Fsp3) is 0.357. The topological polar surface area (TPSA) is 38.1 Å². The zero-order valence-corrected chi connectivity index (χ0v) is 13.0. The predicted molar refractivity (Wildman–Crippen MR) is 80.4 cm³/mol. The Bertz CT molecular complexity index is 500. The number of rotatable bonds is 4. The first-order chi connectivity index (χ1) is 8.56. The minimum atomic E-state index is 0.287. The molecule has 0 aliphatic heterocycles. The van der Waals surface area contributed by atoms with E-state index in [-0.39, 0.29) is 6.04 Å². The van der Waals surface area contributed by atoms with Crippen LogP contribution >= 0.6 is 22.6 Å². The van der Waals surface area contributed by atoms with E-state index in [1.165, 1.54) is 9.13 Å². The van der Waals surface area contributed by atoms with Gasteiger partial charge >= 0.3 is 0 Å². The summed E-state index contributed by atoms with van der Waals surface area (Å²) in [6.45, 7) is 6.70. The second-order valence-electron chi connectivity index (χ2n) is 4.40. The Morgan fingerprint density at radius 1 is 1.28 bits per heavy atom. The summed E-state index contributed by atoms with van der Waals surface area (Å²) in [6, 6.07) is 8.81. The maximum absolute atomic E-state index is 5.54. The Labute approximate surface area is 121 Å². The molecule has 1 atom stereocenters. The third-order valence-corrected chi connectivity index (χ3v) is 3.72. The maximum atomic E-state index is 5.54. The largest absolute Gasteiger partial charge is 0.444 e. The van der Waals surface area contributed by atoms with Gasteiger partial charge in [-0.3, -0.25) is 0 Å². The van der Waals surface area contributed by atoms with Crippen LogP contribution in [0.5, 0.6) is 0 Å². The van der Waals surface area contributed by atoms with Gasteiger partial charge in [0.25, 0.3) is 0 Å². The lowest BCUT2D eigenvalue weighted by Gasteiger charge is -2.12. The summed E-state index contributed by atoms with van der Waals surface area (Å²) < 4.78 is 6.80. The number of oxazole rings is 1. The smallest absolute Gasteiger partial charge is 0.208 e. The molecule has 96 valence electrons. The first-order valence-electron chi connectivity index (χ1n) is 5.98. The van der Waals surface area contributed by atoms with Crippen LogP contribution in [0.1, 0.15) is 35.9 Å². The van der Waals surface area contributed by atoms with Crippen molar-refractivity contribution in [3.8, 4) is 0 Å². The van der Waals surface area contributed by atoms with E-state index in [1.54, 1.807) is 0 Å². The Morgan fingerprint density at radius 2 is 1.94 bits per heavy atom. The molecule has 2 aromatic rings. The fourth-order valence-corrected chi connectivity index (χ4v) is 2.08. The molecule has 1 aromatic heterocycles. The van der Waals surface area contributed by atoms with Crippen LogP contribution in [0.3, 0.4) is 0 Å². The Kier molecular flexibility index (Phi) is 4.40. The zero-order chi connectivity index (χ0) is 13.1. The quantitative estimate of drug-likeness (QED) is 0.848. The lowest BCUT2D eigenvalue weighted by atomic mass is 10.1. The molecule has 2 rings (SSSR count). The molecule has 1 N–H and O–H groups in total. The van der Waals surface area contributed by atoms with Crippen LogP contribution in [-0.2, 0) is 6.54 Å². The van der Waals surface area contributed by atoms with Crippen molar-refractivity contribution < 1.29 is 4.42 Å². The van der Waals surface area contributed by atoms with Crippen LogP contribution < -0.4 is 5.32 Å². The van der Waals surface area contributed by atoms with Crippen molar-refractivity contribution in [1.29, 1.82) is 0 Å². The Hall–Kier alpha value is -0.880. The third kappa shape index (κ3) is 3.32. The molecule has 0 spiro atoms. The van der Waals surface area contributed by atoms with E-state index in [0.717, 1.165) is 17.3 Å². The molecule has 0 saturated heterocycles. The molecule has 0 radical (unpaired) electrons. The van der Waals surface area contributed by atoms with Crippen molar-refractivity contribution in [3.05, 3.63) is 50.7 Å². The summed E-state index contributed by atoms with van der Waals surface area (Å²) in [4.78, 5) is 4.36. The summed E-state index contributed by atoms with van der Waals surface area (Å²) in [5.74, 6) is 1.65. The van der Waals surface area contributed by atoms with Gasteiger partial charge in [-0.2, -0.15) is 0 Å². The highest BCUT2D eigenvalue weighted by Crippen LogP contribution is 2.15. The highest BCUT2D eigenvalue weighted by atomic mass is 127. The molecule has 0 fully saturated rings. The average molecular weight is 356 g/mol. The molecule has 0 saturated carbocycles. The SMILES string of the molecule is Cc1nc(CNC(C)c2ccc(I)cc2)oc1C. The number of hydrogen-bond acceptors (Lipinski definition) is 3. The molecular weight excluding hydrogens is 339 g/mol. The normalized spacial score (nSPS) is 12.7. The van der Waals surface area contributed by atoms with Gasteiger partial charge in [0.1, 0.15) is 5.76 Å². The van der Waals surface area contributed by atoms with Crippen LogP contribution in [0, 0.1) is 17.4 Å². The van der Waals surface area contributed by atoms with Gasteiger partial charge in [0, 0.05) is 9.61 Å². The van der Waals surface area contributed by atoms with Gasteiger partial charge in [-0.15, -0.1) is 0 Å². The van der Waals surface area contributed by atoms with Crippen LogP contribution in [0.15, 0.2) is 28.7 Å². The minimum Gasteiger partial charge on any atom is -0.444 e. The summed E-state index contributed by atoms with van der Waals surface area (Å²) in [7, 11) is 0. The third-order valence-electron chi connectivity index (χ3n) is 3.00. The molecular formula is C14H17IN2O. The zero-order valence-electron chi connectivity index (χ0n) is 10.8. The second-order valence-corrected chi connectivity index (χ2v) is 5.65. The minimum absolute atomic E-state index is 0.287. The Morgan fingerprint density at radius 3 is 2.50 bits per heavy atom. The summed E-state index contributed by atoms with van der Waals surface area (Å²) in [6.07, 6.45) is 0. The van der Waals surface area contributed by atoms with Gasteiger partial charge in [-0.1, -0.05) is 12.1 Å². The number of nitrogens with one attached hydrogen (secondary N) is 1. The number of halogens is 1. The molecule has 3 nitrogen and oxygen atoms in total. The number of aromatic nitrogens is 1. The maximum Gasteiger partial charge on any atom is 0.208 e. The summed E-state index contributed by atoms with van der Waals surface area (Å²) >= 11 is 2.31. The molecule has 0 aliphatic carbocycles. The molecule has 1 aromatic carbocycles. The van der Waals surface area contributed by atoms with Gasteiger partial charge in [-0.05, 0) is 61.1 Å². The molecule has 1 unspecified atom stereocenters. The first-order valence-corrected chi connectivity index (χ1v) is 7.06. The van der Waals surface area contributed by atoms with Gasteiger partial charge < -0.3 is 9.73 Å². The van der Waals surface area contributed by atoms with Crippen LogP contribution in [0.4, 0.5) is 0 Å². The van der Waals surface area contributed by atoms with E-state index in [2.05, 4.69) is 64.1 Å². The molecule has 0 bridgehead atoms. The van der Waals surface area contributed by atoms with Crippen LogP contribution in [0.25, 0.3) is 0 Å². The highest BCUT2D eigenvalue weighted by molar-refractivity contribution is 14.1. The van der Waals surface area contributed by atoms with Crippen LogP contribution in [-0.4, -0.2) is 4.98 Å². The number of nitrogens with zero attached hydrogens (tertiary/aromatic N) is 1. The van der Waals surface area contributed by atoms with Crippen molar-refractivity contribution >= 4 is 22.6 Å². The van der Waals surface area contributed by atoms with E-state index >= 15 is 0 Å². The van der Waals surface area contributed by atoms with Gasteiger partial charge in [0.05, 0.1) is 12.2 Å². The summed E-state index contributed by atoms with van der Waals surface area (Å²) in [5, 5.41) is 3.42. The number of aryl methyl sites for hydroxylation is 2. The molecule has 0 amide bonds. The first kappa shape index (κ1) is 13.5. The second kappa shape index (κ2) is 5.84. The molecule has 1 heterocycles. The summed E-state index contributed by atoms with van der Waals surface area (Å²) in [5.41, 5.74) is 2.24. The van der Waals surface area contributed by atoms with E-state index in [9.17, 15) is 0 Å². The molecule has 18 heavy (non-hydrogen) atoms. The Balaban J connectivity index is 1.95. The van der Waals surface area contributed by atoms with E-state index in [0.29, 0.717) is 6.54 Å². The van der Waals surface area contributed by atoms with Crippen LogP contribution in [0.2, 0.25) is 0 Å². The van der Waals surface area contributed by atoms with Crippen molar-refractivity contribution in [2.24, 2.45) is 0 Å². The van der Waals surface area contributed by atoms with Gasteiger partial charge in [0.15, 0.2) is 0 Å². The highest BCUT2D eigenvalue weighted by Gasteiger charge is 2.08. The molecule has 4 heteroatoms. The number of hydrogen-bond donors (Lipinski definition) is 1. The van der Waals surface area contributed by atoms with E-state index in [1.807, 2.05) is 13.8 Å².